The van der Waals surface area contributed by atoms with Crippen LogP contribution in [0.15, 0.2) is 29.3 Å². The number of amides is 1. The van der Waals surface area contributed by atoms with E-state index in [0.29, 0.717) is 19.7 Å². The standard InChI is InChI=1S/C23H36N4O3.HI/c1-5-17(4)21(28)26-20-12-8-10-18(14-20)15-25-23(24-6-2)27-13-9-11-19(16-27)22(29)30-7-3;/h8,10,12,14,17,19H,5-7,9,11,13,15-16H2,1-4H3,(H,24,25)(H,26,28);1H. The van der Waals surface area contributed by atoms with Crippen LogP contribution in [0.25, 0.3) is 0 Å². The van der Waals surface area contributed by atoms with Crippen molar-refractivity contribution in [3.63, 3.8) is 0 Å². The third-order valence-electron chi connectivity index (χ3n) is 5.34. The van der Waals surface area contributed by atoms with E-state index in [-0.39, 0.29) is 47.7 Å². The molecule has 8 heteroatoms. The maximum atomic E-state index is 12.2. The molecule has 2 rings (SSSR count). The first-order chi connectivity index (χ1) is 14.5. The zero-order valence-corrected chi connectivity index (χ0v) is 21.5. The van der Waals surface area contributed by atoms with Crippen LogP contribution in [0, 0.1) is 11.8 Å². The maximum absolute atomic E-state index is 12.2. The maximum Gasteiger partial charge on any atom is 0.310 e. The lowest BCUT2D eigenvalue weighted by molar-refractivity contribution is -0.149. The van der Waals surface area contributed by atoms with E-state index < -0.39 is 0 Å². The number of hydrogen-bond donors (Lipinski definition) is 2. The van der Waals surface area contributed by atoms with Crippen molar-refractivity contribution in [2.24, 2.45) is 16.8 Å². The number of ether oxygens (including phenoxy) is 1. The highest BCUT2D eigenvalue weighted by Gasteiger charge is 2.28. The van der Waals surface area contributed by atoms with Crippen molar-refractivity contribution in [3.8, 4) is 0 Å². The fourth-order valence-electron chi connectivity index (χ4n) is 3.41. The molecule has 1 fully saturated rings. The summed E-state index contributed by atoms with van der Waals surface area (Å²) >= 11 is 0. The van der Waals surface area contributed by atoms with Crippen molar-refractivity contribution in [2.75, 3.05) is 31.6 Å². The number of esters is 1. The number of likely N-dealkylation sites (tertiary alicyclic amines) is 1. The number of carbonyl (C=O) groups is 2. The largest absolute Gasteiger partial charge is 0.466 e. The van der Waals surface area contributed by atoms with Gasteiger partial charge in [-0.15, -0.1) is 24.0 Å². The minimum atomic E-state index is -0.122. The van der Waals surface area contributed by atoms with Gasteiger partial charge in [-0.25, -0.2) is 4.99 Å². The Hall–Kier alpha value is -1.84. The third kappa shape index (κ3) is 8.66. The SMILES string of the molecule is CCNC(=NCc1cccc(NC(=O)C(C)CC)c1)N1CCCC(C(=O)OCC)C1.I. The average molecular weight is 544 g/mol. The molecule has 2 N–H and O–H groups in total. The van der Waals surface area contributed by atoms with Gasteiger partial charge in [0.05, 0.1) is 19.1 Å². The number of rotatable bonds is 8. The van der Waals surface area contributed by atoms with Gasteiger partial charge in [0.2, 0.25) is 5.91 Å². The molecule has 1 aromatic rings. The molecule has 0 saturated carbocycles. The van der Waals surface area contributed by atoms with Crippen molar-refractivity contribution < 1.29 is 14.3 Å². The van der Waals surface area contributed by atoms with Crippen LogP contribution in [-0.2, 0) is 20.9 Å². The molecule has 1 aliphatic heterocycles. The number of aliphatic imine (C=N–C) groups is 1. The molecule has 1 aliphatic rings. The molecular weight excluding hydrogens is 507 g/mol. The van der Waals surface area contributed by atoms with E-state index >= 15 is 0 Å². The molecule has 1 amide bonds. The monoisotopic (exact) mass is 544 g/mol. The van der Waals surface area contributed by atoms with Gasteiger partial charge in [-0.2, -0.15) is 0 Å². The number of nitrogens with one attached hydrogen (secondary N) is 2. The first kappa shape index (κ1) is 27.2. The van der Waals surface area contributed by atoms with Crippen molar-refractivity contribution in [3.05, 3.63) is 29.8 Å². The van der Waals surface area contributed by atoms with Crippen molar-refractivity contribution in [2.45, 2.75) is 53.5 Å². The molecule has 0 radical (unpaired) electrons. The number of halogens is 1. The molecule has 0 bridgehead atoms. The first-order valence-electron chi connectivity index (χ1n) is 11.1. The number of anilines is 1. The molecule has 174 valence electrons. The van der Waals surface area contributed by atoms with Crippen LogP contribution < -0.4 is 10.6 Å². The van der Waals surface area contributed by atoms with Gasteiger partial charge in [0.15, 0.2) is 5.96 Å². The molecule has 1 saturated heterocycles. The minimum absolute atomic E-state index is 0. The highest BCUT2D eigenvalue weighted by Crippen LogP contribution is 2.19. The number of nitrogens with zero attached hydrogens (tertiary/aromatic N) is 2. The molecule has 0 spiro atoms. The van der Waals surface area contributed by atoms with Gasteiger partial charge < -0.3 is 20.3 Å². The van der Waals surface area contributed by atoms with Gasteiger partial charge in [-0.1, -0.05) is 26.0 Å². The van der Waals surface area contributed by atoms with Crippen molar-refractivity contribution in [1.82, 2.24) is 10.2 Å². The Morgan fingerprint density at radius 2 is 2.06 bits per heavy atom. The average Bonchev–Trinajstić information content (AvgIpc) is 2.76. The van der Waals surface area contributed by atoms with Crippen LogP contribution in [0.4, 0.5) is 5.69 Å². The molecule has 0 aromatic heterocycles. The van der Waals surface area contributed by atoms with Crippen LogP contribution in [0.5, 0.6) is 0 Å². The highest BCUT2D eigenvalue weighted by atomic mass is 127. The first-order valence-corrected chi connectivity index (χ1v) is 11.1. The molecule has 31 heavy (non-hydrogen) atoms. The van der Waals surface area contributed by atoms with E-state index in [9.17, 15) is 9.59 Å². The highest BCUT2D eigenvalue weighted by molar-refractivity contribution is 14.0. The summed E-state index contributed by atoms with van der Waals surface area (Å²) in [5, 5.41) is 6.31. The fourth-order valence-corrected chi connectivity index (χ4v) is 3.41. The zero-order chi connectivity index (χ0) is 21.9. The molecular formula is C23H37IN4O3. The Labute approximate surface area is 203 Å². The van der Waals surface area contributed by atoms with Gasteiger partial charge in [0.1, 0.15) is 0 Å². The molecule has 1 heterocycles. The normalized spacial score (nSPS) is 17.4. The summed E-state index contributed by atoms with van der Waals surface area (Å²) in [5.74, 6) is 0.591. The summed E-state index contributed by atoms with van der Waals surface area (Å²) in [5.41, 5.74) is 1.81. The van der Waals surface area contributed by atoms with Gasteiger partial charge in [-0.05, 0) is 50.8 Å². The van der Waals surface area contributed by atoms with Crippen molar-refractivity contribution >= 4 is 47.5 Å². The van der Waals surface area contributed by atoms with Gasteiger partial charge in [-0.3, -0.25) is 9.59 Å². The summed E-state index contributed by atoms with van der Waals surface area (Å²) in [6.07, 6.45) is 2.60. The summed E-state index contributed by atoms with van der Waals surface area (Å²) in [4.78, 5) is 31.2. The lowest BCUT2D eigenvalue weighted by Gasteiger charge is -2.34. The summed E-state index contributed by atoms with van der Waals surface area (Å²) < 4.78 is 5.21. The Bertz CT molecular complexity index is 741. The second-order valence-electron chi connectivity index (χ2n) is 7.71. The molecule has 7 nitrogen and oxygen atoms in total. The Morgan fingerprint density at radius 1 is 1.29 bits per heavy atom. The lowest BCUT2D eigenvalue weighted by Crippen LogP contribution is -2.48. The third-order valence-corrected chi connectivity index (χ3v) is 5.34. The second-order valence-corrected chi connectivity index (χ2v) is 7.71. The van der Waals surface area contributed by atoms with E-state index in [0.717, 1.165) is 49.6 Å². The summed E-state index contributed by atoms with van der Waals surface area (Å²) in [6, 6.07) is 7.80. The smallest absolute Gasteiger partial charge is 0.310 e. The van der Waals surface area contributed by atoms with Gasteiger partial charge in [0, 0.05) is 31.2 Å². The quantitative estimate of drug-likeness (QED) is 0.224. The van der Waals surface area contributed by atoms with Crippen molar-refractivity contribution in [1.29, 1.82) is 0 Å². The van der Waals surface area contributed by atoms with Crippen LogP contribution in [-0.4, -0.2) is 49.0 Å². The van der Waals surface area contributed by atoms with E-state index in [2.05, 4.69) is 15.5 Å². The van der Waals surface area contributed by atoms with E-state index in [1.54, 1.807) is 0 Å². The Morgan fingerprint density at radius 3 is 2.74 bits per heavy atom. The predicted molar refractivity (Wildman–Crippen MR) is 136 cm³/mol. The van der Waals surface area contributed by atoms with Crippen LogP contribution in [0.2, 0.25) is 0 Å². The van der Waals surface area contributed by atoms with Gasteiger partial charge >= 0.3 is 5.97 Å². The molecule has 2 atom stereocenters. The minimum Gasteiger partial charge on any atom is -0.466 e. The second kappa shape index (κ2) is 14.3. The van der Waals surface area contributed by atoms with E-state index in [4.69, 9.17) is 9.73 Å². The molecule has 2 unspecified atom stereocenters. The van der Waals surface area contributed by atoms with E-state index in [1.807, 2.05) is 52.0 Å². The van der Waals surface area contributed by atoms with Crippen LogP contribution in [0.1, 0.15) is 52.5 Å². The number of benzene rings is 1. The lowest BCUT2D eigenvalue weighted by atomic mass is 9.98. The Balaban J connectivity index is 0.00000480. The number of piperidine rings is 1. The zero-order valence-electron chi connectivity index (χ0n) is 19.1. The topological polar surface area (TPSA) is 83.0 Å². The van der Waals surface area contributed by atoms with Crippen LogP contribution in [0.3, 0.4) is 0 Å². The van der Waals surface area contributed by atoms with E-state index in [1.165, 1.54) is 0 Å². The molecule has 1 aromatic carbocycles. The number of hydrogen-bond acceptors (Lipinski definition) is 4. The molecule has 0 aliphatic carbocycles. The summed E-state index contributed by atoms with van der Waals surface area (Å²) in [6.45, 7) is 11.0. The predicted octanol–water partition coefficient (Wildman–Crippen LogP) is 4.03. The number of carbonyl (C=O) groups excluding carboxylic acids is 2. The Kier molecular flexibility index (Phi) is 12.5. The van der Waals surface area contributed by atoms with Gasteiger partial charge in [0.25, 0.3) is 0 Å². The summed E-state index contributed by atoms with van der Waals surface area (Å²) in [7, 11) is 0. The fraction of sp³-hybridized carbons (Fsp3) is 0.609. The van der Waals surface area contributed by atoms with Crippen LogP contribution >= 0.6 is 24.0 Å². The number of guanidine groups is 1.